The smallest absolute Gasteiger partial charge is 0.115 e. The van der Waals surface area contributed by atoms with Crippen molar-refractivity contribution < 1.29 is 5.11 Å². The minimum absolute atomic E-state index is 0.399. The molecule has 1 aromatic rings. The molecule has 1 aromatic carbocycles. The molecular formula is C17H27NO. The average Bonchev–Trinajstić information content (AvgIpc) is 2.87. The number of unbranched alkanes of at least 4 members (excludes halogenated alkanes) is 4. The highest BCUT2D eigenvalue weighted by Crippen LogP contribution is 2.29. The Balaban J connectivity index is 1.71. The number of benzene rings is 1. The van der Waals surface area contributed by atoms with E-state index in [9.17, 15) is 5.11 Å². The van der Waals surface area contributed by atoms with E-state index in [0.717, 1.165) is 6.54 Å². The molecule has 19 heavy (non-hydrogen) atoms. The van der Waals surface area contributed by atoms with Crippen molar-refractivity contribution in [3.05, 3.63) is 29.8 Å². The molecule has 0 spiro atoms. The molecule has 1 heterocycles. The van der Waals surface area contributed by atoms with Gasteiger partial charge in [-0.15, -0.1) is 0 Å². The number of rotatable bonds is 7. The van der Waals surface area contributed by atoms with Crippen LogP contribution in [0.2, 0.25) is 0 Å². The number of likely N-dealkylation sites (tertiary alicyclic amines) is 1. The summed E-state index contributed by atoms with van der Waals surface area (Å²) in [6.45, 7) is 5.89. The predicted octanol–water partition coefficient (Wildman–Crippen LogP) is 4.15. The average molecular weight is 261 g/mol. The lowest BCUT2D eigenvalue weighted by atomic mass is 9.98. The van der Waals surface area contributed by atoms with Crippen molar-refractivity contribution in [1.82, 2.24) is 4.90 Å². The quantitative estimate of drug-likeness (QED) is 0.745. The summed E-state index contributed by atoms with van der Waals surface area (Å²) >= 11 is 0. The van der Waals surface area contributed by atoms with Gasteiger partial charge < -0.3 is 10.0 Å². The highest BCUT2D eigenvalue weighted by molar-refractivity contribution is 5.30. The third kappa shape index (κ3) is 4.54. The summed E-state index contributed by atoms with van der Waals surface area (Å²) in [6, 6.07) is 7.78. The molecule has 0 amide bonds. The third-order valence-corrected chi connectivity index (χ3v) is 4.19. The van der Waals surface area contributed by atoms with Gasteiger partial charge in [0.15, 0.2) is 0 Å². The van der Waals surface area contributed by atoms with Crippen molar-refractivity contribution in [3.8, 4) is 5.75 Å². The van der Waals surface area contributed by atoms with E-state index in [1.54, 1.807) is 6.07 Å². The Kier molecular flexibility index (Phi) is 5.71. The van der Waals surface area contributed by atoms with Crippen LogP contribution in [0.5, 0.6) is 5.75 Å². The fourth-order valence-corrected chi connectivity index (χ4v) is 3.03. The normalized spacial score (nSPS) is 19.9. The van der Waals surface area contributed by atoms with Gasteiger partial charge in [0.1, 0.15) is 5.75 Å². The summed E-state index contributed by atoms with van der Waals surface area (Å²) in [5.41, 5.74) is 1.30. The van der Waals surface area contributed by atoms with Crippen LogP contribution in [0.4, 0.5) is 0 Å². The Morgan fingerprint density at radius 1 is 1.21 bits per heavy atom. The Morgan fingerprint density at radius 3 is 2.84 bits per heavy atom. The zero-order valence-corrected chi connectivity index (χ0v) is 12.1. The van der Waals surface area contributed by atoms with Crippen molar-refractivity contribution in [2.24, 2.45) is 0 Å². The van der Waals surface area contributed by atoms with E-state index in [4.69, 9.17) is 0 Å². The van der Waals surface area contributed by atoms with Gasteiger partial charge in [0.2, 0.25) is 0 Å². The van der Waals surface area contributed by atoms with Gasteiger partial charge in [-0.2, -0.15) is 0 Å². The summed E-state index contributed by atoms with van der Waals surface area (Å²) in [5, 5.41) is 9.55. The second-order valence-corrected chi connectivity index (χ2v) is 5.80. The van der Waals surface area contributed by atoms with Gasteiger partial charge in [0.25, 0.3) is 0 Å². The van der Waals surface area contributed by atoms with Crippen molar-refractivity contribution in [3.63, 3.8) is 0 Å². The highest BCUT2D eigenvalue weighted by Gasteiger charge is 2.23. The van der Waals surface area contributed by atoms with Crippen molar-refractivity contribution >= 4 is 0 Å². The zero-order chi connectivity index (χ0) is 13.5. The lowest BCUT2D eigenvalue weighted by molar-refractivity contribution is 0.323. The van der Waals surface area contributed by atoms with Gasteiger partial charge in [-0.1, -0.05) is 44.7 Å². The highest BCUT2D eigenvalue weighted by atomic mass is 16.3. The Labute approximate surface area is 117 Å². The van der Waals surface area contributed by atoms with E-state index in [2.05, 4.69) is 17.9 Å². The second kappa shape index (κ2) is 7.54. The first-order chi connectivity index (χ1) is 9.29. The maximum Gasteiger partial charge on any atom is 0.115 e. The second-order valence-electron chi connectivity index (χ2n) is 5.80. The molecule has 2 heteroatoms. The molecular weight excluding hydrogens is 234 g/mol. The van der Waals surface area contributed by atoms with Gasteiger partial charge in [-0.3, -0.25) is 0 Å². The standard InChI is InChI=1S/C17H27NO/c1-2-3-4-5-6-11-18-12-10-16(14-18)15-8-7-9-17(19)13-15/h7-9,13,16,19H,2-6,10-12,14H2,1H3. The van der Waals surface area contributed by atoms with Crippen LogP contribution in [0.1, 0.15) is 56.9 Å². The first-order valence-corrected chi connectivity index (χ1v) is 7.81. The first-order valence-electron chi connectivity index (χ1n) is 7.81. The molecule has 1 N–H and O–H groups in total. The lowest BCUT2D eigenvalue weighted by Gasteiger charge is -2.16. The Bertz CT molecular complexity index is 377. The van der Waals surface area contributed by atoms with Gasteiger partial charge in [0.05, 0.1) is 0 Å². The molecule has 0 aliphatic carbocycles. The monoisotopic (exact) mass is 261 g/mol. The number of hydrogen-bond acceptors (Lipinski definition) is 2. The van der Waals surface area contributed by atoms with Crippen LogP contribution >= 0.6 is 0 Å². The molecule has 0 saturated carbocycles. The summed E-state index contributed by atoms with van der Waals surface area (Å²) in [6.07, 6.45) is 8.04. The minimum atomic E-state index is 0.399. The summed E-state index contributed by atoms with van der Waals surface area (Å²) in [7, 11) is 0. The van der Waals surface area contributed by atoms with Gasteiger partial charge in [-0.05, 0) is 49.5 Å². The van der Waals surface area contributed by atoms with Gasteiger partial charge in [-0.25, -0.2) is 0 Å². The van der Waals surface area contributed by atoms with Crippen molar-refractivity contribution in [2.45, 2.75) is 51.4 Å². The molecule has 1 unspecified atom stereocenters. The Hall–Kier alpha value is -1.02. The van der Waals surface area contributed by atoms with Gasteiger partial charge in [0, 0.05) is 6.54 Å². The molecule has 1 fully saturated rings. The van der Waals surface area contributed by atoms with Crippen molar-refractivity contribution in [2.75, 3.05) is 19.6 Å². The van der Waals surface area contributed by atoms with E-state index in [0.29, 0.717) is 11.7 Å². The maximum atomic E-state index is 9.55. The molecule has 1 aliphatic rings. The Morgan fingerprint density at radius 2 is 2.05 bits per heavy atom. The number of phenolic OH excluding ortho intramolecular Hbond substituents is 1. The van der Waals surface area contributed by atoms with Crippen molar-refractivity contribution in [1.29, 1.82) is 0 Å². The van der Waals surface area contributed by atoms with Crippen LogP contribution in [0, 0.1) is 0 Å². The molecule has 2 rings (SSSR count). The maximum absolute atomic E-state index is 9.55. The van der Waals surface area contributed by atoms with E-state index >= 15 is 0 Å². The fraction of sp³-hybridized carbons (Fsp3) is 0.647. The van der Waals surface area contributed by atoms with Gasteiger partial charge >= 0.3 is 0 Å². The van der Waals surface area contributed by atoms with E-state index in [1.165, 1.54) is 57.2 Å². The minimum Gasteiger partial charge on any atom is -0.508 e. The lowest BCUT2D eigenvalue weighted by Crippen LogP contribution is -2.21. The molecule has 0 aromatic heterocycles. The summed E-state index contributed by atoms with van der Waals surface area (Å²) in [5.74, 6) is 1.01. The predicted molar refractivity (Wildman–Crippen MR) is 80.7 cm³/mol. The van der Waals surface area contributed by atoms with E-state index in [1.807, 2.05) is 12.1 Å². The van der Waals surface area contributed by atoms with Crippen LogP contribution in [-0.2, 0) is 0 Å². The largest absolute Gasteiger partial charge is 0.508 e. The molecule has 1 aliphatic heterocycles. The molecule has 1 saturated heterocycles. The fourth-order valence-electron chi connectivity index (χ4n) is 3.03. The topological polar surface area (TPSA) is 23.5 Å². The van der Waals surface area contributed by atoms with E-state index in [-0.39, 0.29) is 0 Å². The summed E-state index contributed by atoms with van der Waals surface area (Å²) in [4.78, 5) is 2.58. The number of phenols is 1. The number of aromatic hydroxyl groups is 1. The zero-order valence-electron chi connectivity index (χ0n) is 12.1. The summed E-state index contributed by atoms with van der Waals surface area (Å²) < 4.78 is 0. The van der Waals surface area contributed by atoms with Crippen LogP contribution in [0.15, 0.2) is 24.3 Å². The SMILES string of the molecule is CCCCCCCN1CCC(c2cccc(O)c2)C1. The van der Waals surface area contributed by atoms with Crippen LogP contribution in [0.3, 0.4) is 0 Å². The third-order valence-electron chi connectivity index (χ3n) is 4.19. The van der Waals surface area contributed by atoms with Crippen LogP contribution in [0.25, 0.3) is 0 Å². The van der Waals surface area contributed by atoms with Crippen LogP contribution in [-0.4, -0.2) is 29.6 Å². The van der Waals surface area contributed by atoms with E-state index < -0.39 is 0 Å². The molecule has 0 radical (unpaired) electrons. The molecule has 0 bridgehead atoms. The first kappa shape index (κ1) is 14.4. The molecule has 2 nitrogen and oxygen atoms in total. The van der Waals surface area contributed by atoms with Crippen LogP contribution < -0.4 is 0 Å². The number of hydrogen-bond donors (Lipinski definition) is 1. The number of nitrogens with zero attached hydrogens (tertiary/aromatic N) is 1. The molecule has 106 valence electrons. The molecule has 1 atom stereocenters.